The fourth-order valence-electron chi connectivity index (χ4n) is 1.63. The van der Waals surface area contributed by atoms with Gasteiger partial charge in [-0.2, -0.15) is 0 Å². The zero-order chi connectivity index (χ0) is 15.0. The molecule has 0 heterocycles. The van der Waals surface area contributed by atoms with E-state index >= 15 is 0 Å². The van der Waals surface area contributed by atoms with Gasteiger partial charge in [-0.1, -0.05) is 23.7 Å². The number of carbonyl (C=O) groups excluding carboxylic acids is 1. The maximum atomic E-state index is 11.9. The number of carbonyl (C=O) groups is 1. The van der Waals surface area contributed by atoms with Crippen molar-refractivity contribution < 1.29 is 9.53 Å². The normalized spacial score (nSPS) is 11.1. The van der Waals surface area contributed by atoms with E-state index in [4.69, 9.17) is 16.3 Å². The molecule has 0 spiro atoms. The lowest BCUT2D eigenvalue weighted by Crippen LogP contribution is -2.38. The van der Waals surface area contributed by atoms with Crippen LogP contribution in [-0.2, 0) is 9.53 Å². The van der Waals surface area contributed by atoms with Crippen molar-refractivity contribution in [2.24, 2.45) is 5.10 Å². The topological polar surface area (TPSA) is 53.9 Å². The Morgan fingerprint density at radius 2 is 1.95 bits per heavy atom. The van der Waals surface area contributed by atoms with Crippen molar-refractivity contribution in [2.45, 2.75) is 20.8 Å². The molecule has 0 aliphatic carbocycles. The Balaban J connectivity index is 2.95. The SMILES string of the molecule is CCOC(=O)/C(=N/Nc1ccccc1Cl)N(CC)CC. The number of hydrogen-bond donors (Lipinski definition) is 1. The fraction of sp³-hybridized carbons (Fsp3) is 0.429. The molecule has 0 saturated heterocycles. The summed E-state index contributed by atoms with van der Waals surface area (Å²) in [4.78, 5) is 13.8. The van der Waals surface area contributed by atoms with E-state index in [1.807, 2.05) is 30.9 Å². The van der Waals surface area contributed by atoms with Crippen LogP contribution in [0.5, 0.6) is 0 Å². The first kappa shape index (κ1) is 16.3. The minimum atomic E-state index is -0.448. The summed E-state index contributed by atoms with van der Waals surface area (Å²) in [6.45, 7) is 7.31. The van der Waals surface area contributed by atoms with Crippen LogP contribution in [0.2, 0.25) is 5.02 Å². The minimum Gasteiger partial charge on any atom is -0.460 e. The van der Waals surface area contributed by atoms with Crippen molar-refractivity contribution in [1.29, 1.82) is 0 Å². The monoisotopic (exact) mass is 297 g/mol. The van der Waals surface area contributed by atoms with E-state index in [0.717, 1.165) is 0 Å². The molecule has 1 aromatic carbocycles. The highest BCUT2D eigenvalue weighted by Gasteiger charge is 2.18. The predicted octanol–water partition coefficient (Wildman–Crippen LogP) is 2.97. The molecule has 0 saturated carbocycles. The van der Waals surface area contributed by atoms with Gasteiger partial charge in [0.25, 0.3) is 0 Å². The van der Waals surface area contributed by atoms with Crippen LogP contribution < -0.4 is 5.43 Å². The molecule has 0 unspecified atom stereocenters. The van der Waals surface area contributed by atoms with Gasteiger partial charge in [-0.15, -0.1) is 5.10 Å². The number of amidine groups is 1. The second kappa shape index (κ2) is 8.43. The van der Waals surface area contributed by atoms with Gasteiger partial charge in [-0.3, -0.25) is 5.43 Å². The molecule has 0 radical (unpaired) electrons. The summed E-state index contributed by atoms with van der Waals surface area (Å²) in [6, 6.07) is 7.21. The number of anilines is 1. The van der Waals surface area contributed by atoms with Gasteiger partial charge in [-0.25, -0.2) is 4.79 Å². The van der Waals surface area contributed by atoms with E-state index in [1.165, 1.54) is 0 Å². The fourth-order valence-corrected chi connectivity index (χ4v) is 1.81. The molecule has 0 bridgehead atoms. The first-order valence-electron chi connectivity index (χ1n) is 6.64. The molecule has 0 aliphatic heterocycles. The first-order valence-corrected chi connectivity index (χ1v) is 7.02. The number of para-hydroxylation sites is 1. The number of nitrogens with zero attached hydrogens (tertiary/aromatic N) is 2. The predicted molar refractivity (Wildman–Crippen MR) is 82.1 cm³/mol. The molecular formula is C14H20ClN3O2. The molecule has 1 rings (SSSR count). The van der Waals surface area contributed by atoms with Gasteiger partial charge in [0.2, 0.25) is 5.84 Å². The van der Waals surface area contributed by atoms with Gasteiger partial charge in [0.15, 0.2) is 0 Å². The van der Waals surface area contributed by atoms with E-state index in [-0.39, 0.29) is 5.84 Å². The van der Waals surface area contributed by atoms with Gasteiger partial charge in [0.1, 0.15) is 0 Å². The zero-order valence-corrected chi connectivity index (χ0v) is 12.8. The average molecular weight is 298 g/mol. The Bertz CT molecular complexity index is 473. The lowest BCUT2D eigenvalue weighted by atomic mass is 10.3. The van der Waals surface area contributed by atoms with Crippen LogP contribution in [-0.4, -0.2) is 36.4 Å². The number of halogens is 1. The number of hydrazone groups is 1. The largest absolute Gasteiger partial charge is 0.460 e. The van der Waals surface area contributed by atoms with Crippen LogP contribution in [0.3, 0.4) is 0 Å². The Hall–Kier alpha value is -1.75. The lowest BCUT2D eigenvalue weighted by Gasteiger charge is -2.21. The molecule has 0 amide bonds. The van der Waals surface area contributed by atoms with E-state index in [2.05, 4.69) is 10.5 Å². The lowest BCUT2D eigenvalue weighted by molar-refractivity contribution is -0.135. The van der Waals surface area contributed by atoms with Crippen molar-refractivity contribution in [3.63, 3.8) is 0 Å². The Morgan fingerprint density at radius 3 is 2.50 bits per heavy atom. The molecule has 1 N–H and O–H groups in total. The van der Waals surface area contributed by atoms with Crippen LogP contribution in [0.15, 0.2) is 29.4 Å². The Morgan fingerprint density at radius 1 is 1.30 bits per heavy atom. The molecule has 0 atom stereocenters. The summed E-state index contributed by atoms with van der Waals surface area (Å²) in [5.41, 5.74) is 3.46. The molecule has 1 aromatic rings. The van der Waals surface area contributed by atoms with Gasteiger partial charge in [0, 0.05) is 13.1 Å². The van der Waals surface area contributed by atoms with Crippen molar-refractivity contribution in [1.82, 2.24) is 4.90 Å². The van der Waals surface area contributed by atoms with Crippen molar-refractivity contribution in [2.75, 3.05) is 25.1 Å². The molecule has 20 heavy (non-hydrogen) atoms. The van der Waals surface area contributed by atoms with Crippen molar-refractivity contribution in [3.05, 3.63) is 29.3 Å². The summed E-state index contributed by atoms with van der Waals surface area (Å²) >= 11 is 6.03. The third-order valence-electron chi connectivity index (χ3n) is 2.68. The van der Waals surface area contributed by atoms with Crippen LogP contribution in [0.25, 0.3) is 0 Å². The highest BCUT2D eigenvalue weighted by atomic mass is 35.5. The summed E-state index contributed by atoms with van der Waals surface area (Å²) in [5.74, 6) is -0.201. The Labute approximate surface area is 124 Å². The third kappa shape index (κ3) is 4.42. The summed E-state index contributed by atoms with van der Waals surface area (Å²) < 4.78 is 5.02. The molecule has 5 nitrogen and oxygen atoms in total. The molecule has 110 valence electrons. The third-order valence-corrected chi connectivity index (χ3v) is 3.01. The van der Waals surface area contributed by atoms with Crippen LogP contribution >= 0.6 is 11.6 Å². The van der Waals surface area contributed by atoms with E-state index in [9.17, 15) is 4.79 Å². The van der Waals surface area contributed by atoms with Gasteiger partial charge < -0.3 is 9.64 Å². The maximum Gasteiger partial charge on any atom is 0.375 e. The molecule has 0 aliphatic rings. The Kier molecular flexibility index (Phi) is 6.87. The van der Waals surface area contributed by atoms with Gasteiger partial charge in [-0.05, 0) is 32.9 Å². The highest BCUT2D eigenvalue weighted by molar-refractivity contribution is 6.35. The minimum absolute atomic E-state index is 0.247. The van der Waals surface area contributed by atoms with Crippen LogP contribution in [0, 0.1) is 0 Å². The first-order chi connectivity index (χ1) is 9.63. The van der Waals surface area contributed by atoms with Crippen molar-refractivity contribution in [3.8, 4) is 0 Å². The highest BCUT2D eigenvalue weighted by Crippen LogP contribution is 2.20. The molecule has 0 fully saturated rings. The standard InChI is InChI=1S/C14H20ClN3O2/c1-4-18(5-2)13(14(19)20-6-3)17-16-12-10-8-7-9-11(12)15/h7-10,16H,4-6H2,1-3H3/b17-13-. The number of hydrogen-bond acceptors (Lipinski definition) is 4. The van der Waals surface area contributed by atoms with E-state index < -0.39 is 5.97 Å². The summed E-state index contributed by atoms with van der Waals surface area (Å²) in [6.07, 6.45) is 0. The van der Waals surface area contributed by atoms with Gasteiger partial charge in [0.05, 0.1) is 17.3 Å². The van der Waals surface area contributed by atoms with E-state index in [1.54, 1.807) is 19.1 Å². The number of rotatable bonds is 5. The van der Waals surface area contributed by atoms with Crippen LogP contribution in [0.4, 0.5) is 5.69 Å². The smallest absolute Gasteiger partial charge is 0.375 e. The second-order valence-corrected chi connectivity index (χ2v) is 4.33. The number of esters is 1. The summed E-state index contributed by atoms with van der Waals surface area (Å²) in [7, 11) is 0. The number of likely N-dealkylation sites (N-methyl/N-ethyl adjacent to an activating group) is 1. The van der Waals surface area contributed by atoms with Crippen molar-refractivity contribution >= 4 is 29.1 Å². The maximum absolute atomic E-state index is 11.9. The molecule has 0 aromatic heterocycles. The average Bonchev–Trinajstić information content (AvgIpc) is 2.45. The number of nitrogens with one attached hydrogen (secondary N) is 1. The second-order valence-electron chi connectivity index (χ2n) is 3.92. The quantitative estimate of drug-likeness (QED) is 0.393. The molecular weight excluding hydrogens is 278 g/mol. The zero-order valence-electron chi connectivity index (χ0n) is 12.0. The van der Waals surface area contributed by atoms with E-state index in [0.29, 0.717) is 30.4 Å². The number of benzene rings is 1. The summed E-state index contributed by atoms with van der Waals surface area (Å²) in [5, 5.41) is 4.69. The molecule has 6 heteroatoms. The number of ether oxygens (including phenoxy) is 1. The van der Waals surface area contributed by atoms with Gasteiger partial charge >= 0.3 is 5.97 Å². The van der Waals surface area contributed by atoms with Crippen LogP contribution in [0.1, 0.15) is 20.8 Å².